The molecule has 1 amide bonds. The van der Waals surface area contributed by atoms with Gasteiger partial charge in [-0.1, -0.05) is 0 Å². The smallest absolute Gasteiger partial charge is 0.239 e. The zero-order valence-electron chi connectivity index (χ0n) is 11.8. The van der Waals surface area contributed by atoms with E-state index in [1.807, 2.05) is 25.1 Å². The molecule has 1 aliphatic heterocycles. The van der Waals surface area contributed by atoms with Crippen LogP contribution in [0, 0.1) is 0 Å². The fourth-order valence-corrected chi connectivity index (χ4v) is 2.27. The van der Waals surface area contributed by atoms with Crippen LogP contribution in [0.4, 0.5) is 5.82 Å². The largest absolute Gasteiger partial charge is 0.486 e. The van der Waals surface area contributed by atoms with Crippen LogP contribution in [0.3, 0.4) is 0 Å². The van der Waals surface area contributed by atoms with Gasteiger partial charge in [-0.2, -0.15) is 0 Å². The minimum absolute atomic E-state index is 0.0613. The van der Waals surface area contributed by atoms with Gasteiger partial charge in [0.1, 0.15) is 19.0 Å². The van der Waals surface area contributed by atoms with E-state index in [1.165, 1.54) is 0 Å². The van der Waals surface area contributed by atoms with Crippen molar-refractivity contribution in [2.45, 2.75) is 6.92 Å². The molecule has 3 rings (SSSR count). The molecule has 2 N–H and O–H groups in total. The van der Waals surface area contributed by atoms with Crippen molar-refractivity contribution in [2.24, 2.45) is 0 Å². The molecule has 2 aromatic rings. The number of pyridine rings is 1. The van der Waals surface area contributed by atoms with Gasteiger partial charge in [0.2, 0.25) is 5.91 Å². The van der Waals surface area contributed by atoms with E-state index in [-0.39, 0.29) is 12.5 Å². The van der Waals surface area contributed by atoms with Gasteiger partial charge < -0.3 is 20.1 Å². The second-order valence-electron chi connectivity index (χ2n) is 4.68. The van der Waals surface area contributed by atoms with Gasteiger partial charge in [-0.25, -0.2) is 4.98 Å². The van der Waals surface area contributed by atoms with Crippen LogP contribution >= 0.6 is 0 Å². The number of hydrogen-bond acceptors (Lipinski definition) is 5. The number of anilines is 1. The molecule has 0 atom stereocenters. The summed E-state index contributed by atoms with van der Waals surface area (Å²) in [4.78, 5) is 15.8. The second kappa shape index (κ2) is 5.87. The van der Waals surface area contributed by atoms with Gasteiger partial charge in [0.25, 0.3) is 0 Å². The highest BCUT2D eigenvalue weighted by atomic mass is 16.6. The lowest BCUT2D eigenvalue weighted by Crippen LogP contribution is -2.29. The summed E-state index contributed by atoms with van der Waals surface area (Å²) in [5.41, 5.74) is 0. The molecule has 0 saturated heterocycles. The minimum Gasteiger partial charge on any atom is -0.486 e. The van der Waals surface area contributed by atoms with Crippen LogP contribution in [0.15, 0.2) is 24.4 Å². The number of carbonyl (C=O) groups is 1. The van der Waals surface area contributed by atoms with E-state index in [0.29, 0.717) is 31.3 Å². The maximum atomic E-state index is 11.5. The molecule has 0 radical (unpaired) electrons. The number of rotatable bonds is 4. The van der Waals surface area contributed by atoms with Crippen LogP contribution in [0.1, 0.15) is 6.92 Å². The normalized spacial score (nSPS) is 13.0. The predicted molar refractivity (Wildman–Crippen MR) is 79.9 cm³/mol. The van der Waals surface area contributed by atoms with Crippen LogP contribution in [-0.4, -0.2) is 37.2 Å². The Balaban J connectivity index is 1.90. The van der Waals surface area contributed by atoms with Gasteiger partial charge in [0, 0.05) is 18.1 Å². The Labute approximate surface area is 122 Å². The fraction of sp³-hybridized carbons (Fsp3) is 0.333. The molecule has 6 heteroatoms. The van der Waals surface area contributed by atoms with E-state index in [9.17, 15) is 4.79 Å². The number of amides is 1. The molecular formula is C15H17N3O3. The molecule has 0 bridgehead atoms. The van der Waals surface area contributed by atoms with Gasteiger partial charge >= 0.3 is 0 Å². The Morgan fingerprint density at radius 3 is 2.81 bits per heavy atom. The molecular weight excluding hydrogens is 270 g/mol. The molecule has 1 aromatic heterocycles. The van der Waals surface area contributed by atoms with E-state index in [2.05, 4.69) is 15.6 Å². The van der Waals surface area contributed by atoms with Gasteiger partial charge in [0.15, 0.2) is 11.5 Å². The molecule has 1 aromatic carbocycles. The topological polar surface area (TPSA) is 72.5 Å². The van der Waals surface area contributed by atoms with Crippen molar-refractivity contribution in [3.8, 4) is 11.5 Å². The molecule has 2 heterocycles. The van der Waals surface area contributed by atoms with E-state index >= 15 is 0 Å². The molecule has 21 heavy (non-hydrogen) atoms. The van der Waals surface area contributed by atoms with E-state index in [1.54, 1.807) is 6.20 Å². The van der Waals surface area contributed by atoms with Crippen LogP contribution in [-0.2, 0) is 4.79 Å². The third-order valence-corrected chi connectivity index (χ3v) is 3.22. The average molecular weight is 287 g/mol. The van der Waals surface area contributed by atoms with Gasteiger partial charge in [-0.05, 0) is 30.5 Å². The second-order valence-corrected chi connectivity index (χ2v) is 4.68. The summed E-state index contributed by atoms with van der Waals surface area (Å²) >= 11 is 0. The fourth-order valence-electron chi connectivity index (χ4n) is 2.27. The highest BCUT2D eigenvalue weighted by Gasteiger charge is 2.14. The maximum absolute atomic E-state index is 11.5. The van der Waals surface area contributed by atoms with Crippen LogP contribution in [0.5, 0.6) is 11.5 Å². The number of nitrogens with zero attached hydrogens (tertiary/aromatic N) is 1. The lowest BCUT2D eigenvalue weighted by molar-refractivity contribution is -0.119. The van der Waals surface area contributed by atoms with Crippen LogP contribution < -0.4 is 20.1 Å². The Morgan fingerprint density at radius 2 is 2.05 bits per heavy atom. The lowest BCUT2D eigenvalue weighted by atomic mass is 10.1. The molecule has 0 unspecified atom stereocenters. The number of aromatic nitrogens is 1. The standard InChI is InChI=1S/C15H17N3O3/c1-2-16-14(19)9-18-15-11-8-13-12(20-5-6-21-13)7-10(11)3-4-17-15/h3-4,7-8H,2,5-6,9H2,1H3,(H,16,19)(H,17,18). The molecule has 110 valence electrons. The van der Waals surface area contributed by atoms with Crippen LogP contribution in [0.2, 0.25) is 0 Å². The molecule has 1 aliphatic rings. The minimum atomic E-state index is -0.0613. The summed E-state index contributed by atoms with van der Waals surface area (Å²) < 4.78 is 11.2. The summed E-state index contributed by atoms with van der Waals surface area (Å²) in [6, 6.07) is 5.74. The molecule has 6 nitrogen and oxygen atoms in total. The maximum Gasteiger partial charge on any atom is 0.239 e. The number of fused-ring (bicyclic) bond motifs is 2. The van der Waals surface area contributed by atoms with E-state index in [4.69, 9.17) is 9.47 Å². The van der Waals surface area contributed by atoms with Crippen molar-refractivity contribution in [2.75, 3.05) is 31.6 Å². The van der Waals surface area contributed by atoms with Crippen molar-refractivity contribution in [3.63, 3.8) is 0 Å². The van der Waals surface area contributed by atoms with Crippen LogP contribution in [0.25, 0.3) is 10.8 Å². The van der Waals surface area contributed by atoms with Crippen molar-refractivity contribution in [1.82, 2.24) is 10.3 Å². The lowest BCUT2D eigenvalue weighted by Gasteiger charge is -2.19. The highest BCUT2D eigenvalue weighted by molar-refractivity contribution is 5.95. The van der Waals surface area contributed by atoms with Gasteiger partial charge in [0.05, 0.1) is 6.54 Å². The molecule has 0 saturated carbocycles. The van der Waals surface area contributed by atoms with Gasteiger partial charge in [-0.15, -0.1) is 0 Å². The summed E-state index contributed by atoms with van der Waals surface area (Å²) in [5, 5.41) is 7.70. The average Bonchev–Trinajstić information content (AvgIpc) is 2.51. The number of likely N-dealkylation sites (N-methyl/N-ethyl adjacent to an activating group) is 1. The monoisotopic (exact) mass is 287 g/mol. The van der Waals surface area contributed by atoms with Crippen molar-refractivity contribution in [1.29, 1.82) is 0 Å². The first-order valence-electron chi connectivity index (χ1n) is 6.97. The first kappa shape index (κ1) is 13.5. The highest BCUT2D eigenvalue weighted by Crippen LogP contribution is 2.36. The van der Waals surface area contributed by atoms with E-state index < -0.39 is 0 Å². The molecule has 0 fully saturated rings. The Kier molecular flexibility index (Phi) is 3.77. The number of carbonyl (C=O) groups excluding carboxylic acids is 1. The first-order valence-corrected chi connectivity index (χ1v) is 6.97. The van der Waals surface area contributed by atoms with E-state index in [0.717, 1.165) is 16.5 Å². The summed E-state index contributed by atoms with van der Waals surface area (Å²) in [5.74, 6) is 2.06. The molecule has 0 aliphatic carbocycles. The zero-order valence-corrected chi connectivity index (χ0v) is 11.8. The summed E-state index contributed by atoms with van der Waals surface area (Å²) in [6.07, 6.45) is 1.71. The zero-order chi connectivity index (χ0) is 14.7. The van der Waals surface area contributed by atoms with Crippen molar-refractivity contribution < 1.29 is 14.3 Å². The number of nitrogens with one attached hydrogen (secondary N) is 2. The quantitative estimate of drug-likeness (QED) is 0.892. The van der Waals surface area contributed by atoms with Crippen molar-refractivity contribution in [3.05, 3.63) is 24.4 Å². The molecule has 0 spiro atoms. The number of hydrogen-bond donors (Lipinski definition) is 2. The Hall–Kier alpha value is -2.50. The SMILES string of the molecule is CCNC(=O)CNc1nccc2cc3c(cc12)OCCO3. The number of ether oxygens (including phenoxy) is 2. The first-order chi connectivity index (χ1) is 10.3. The van der Waals surface area contributed by atoms with Crippen molar-refractivity contribution >= 4 is 22.5 Å². The predicted octanol–water partition coefficient (Wildman–Crippen LogP) is 1.55. The van der Waals surface area contributed by atoms with Gasteiger partial charge in [-0.3, -0.25) is 4.79 Å². The summed E-state index contributed by atoms with van der Waals surface area (Å²) in [6.45, 7) is 3.79. The Morgan fingerprint density at radius 1 is 1.29 bits per heavy atom. The number of benzene rings is 1. The summed E-state index contributed by atoms with van der Waals surface area (Å²) in [7, 11) is 0. The Bertz CT molecular complexity index is 673. The third kappa shape index (κ3) is 2.84. The third-order valence-electron chi connectivity index (χ3n) is 3.22.